The second kappa shape index (κ2) is 9.37. The van der Waals surface area contributed by atoms with E-state index in [4.69, 9.17) is 9.15 Å². The zero-order valence-corrected chi connectivity index (χ0v) is 16.3. The maximum atomic E-state index is 13.2. The number of hydrogen-bond donors (Lipinski definition) is 2. The van der Waals surface area contributed by atoms with Gasteiger partial charge in [0.15, 0.2) is 6.04 Å². The van der Waals surface area contributed by atoms with E-state index >= 15 is 0 Å². The number of halogens is 3. The highest BCUT2D eigenvalue weighted by molar-refractivity contribution is 5.92. The summed E-state index contributed by atoms with van der Waals surface area (Å²) in [5.74, 6) is -1.12. The van der Waals surface area contributed by atoms with Crippen LogP contribution in [0.4, 0.5) is 18.9 Å². The zero-order chi connectivity index (χ0) is 22.4. The highest BCUT2D eigenvalue weighted by Crippen LogP contribution is 2.32. The molecule has 3 rings (SSSR count). The van der Waals surface area contributed by atoms with E-state index in [1.807, 2.05) is 5.32 Å². The second-order valence-electron chi connectivity index (χ2n) is 6.52. The molecule has 2 N–H and O–H groups in total. The van der Waals surface area contributed by atoms with Crippen molar-refractivity contribution in [2.45, 2.75) is 25.2 Å². The molecule has 0 aliphatic heterocycles. The van der Waals surface area contributed by atoms with Gasteiger partial charge in [-0.3, -0.25) is 14.3 Å². The Morgan fingerprint density at radius 2 is 1.97 bits per heavy atom. The third-order valence-corrected chi connectivity index (χ3v) is 4.23. The van der Waals surface area contributed by atoms with Crippen molar-refractivity contribution < 1.29 is 31.9 Å². The van der Waals surface area contributed by atoms with Crippen molar-refractivity contribution in [3.05, 3.63) is 66.4 Å². The number of carbonyl (C=O) groups is 2. The van der Waals surface area contributed by atoms with Crippen molar-refractivity contribution in [1.29, 1.82) is 0 Å². The van der Waals surface area contributed by atoms with Crippen LogP contribution in [0.15, 0.2) is 59.5 Å². The van der Waals surface area contributed by atoms with Gasteiger partial charge in [0.2, 0.25) is 11.8 Å². The van der Waals surface area contributed by atoms with E-state index in [-0.39, 0.29) is 12.3 Å². The lowest BCUT2D eigenvalue weighted by atomic mass is 10.1. The average Bonchev–Trinajstić information content (AvgIpc) is 3.38. The Bertz CT molecular complexity index is 1030. The van der Waals surface area contributed by atoms with Crippen molar-refractivity contribution in [3.63, 3.8) is 0 Å². The number of benzene rings is 1. The molecule has 11 heteroatoms. The Labute approximate surface area is 175 Å². The van der Waals surface area contributed by atoms with Gasteiger partial charge in [-0.15, -0.1) is 0 Å². The summed E-state index contributed by atoms with van der Waals surface area (Å²) in [7, 11) is 1.50. The molecule has 2 aromatic heterocycles. The molecule has 2 heterocycles. The minimum Gasteiger partial charge on any atom is -0.496 e. The van der Waals surface area contributed by atoms with E-state index in [0.29, 0.717) is 17.0 Å². The predicted octanol–water partition coefficient (Wildman–Crippen LogP) is 3.09. The maximum absolute atomic E-state index is 13.2. The molecule has 1 aromatic carbocycles. The summed E-state index contributed by atoms with van der Waals surface area (Å²) in [6.45, 7) is -0.477. The zero-order valence-electron chi connectivity index (χ0n) is 16.3. The van der Waals surface area contributed by atoms with Crippen molar-refractivity contribution in [1.82, 2.24) is 15.1 Å². The molecular weight excluding hydrogens is 417 g/mol. The Kier molecular flexibility index (Phi) is 6.63. The number of amides is 2. The predicted molar refractivity (Wildman–Crippen MR) is 103 cm³/mol. The molecule has 0 spiro atoms. The Morgan fingerprint density at radius 1 is 1.19 bits per heavy atom. The number of hydrogen-bond acceptors (Lipinski definition) is 5. The van der Waals surface area contributed by atoms with Gasteiger partial charge in [0, 0.05) is 11.8 Å². The summed E-state index contributed by atoms with van der Waals surface area (Å²) in [4.78, 5) is 24.3. The summed E-state index contributed by atoms with van der Waals surface area (Å²) < 4.78 is 50.7. The first-order chi connectivity index (χ1) is 14.8. The third kappa shape index (κ3) is 5.87. The Morgan fingerprint density at radius 3 is 2.65 bits per heavy atom. The van der Waals surface area contributed by atoms with Crippen LogP contribution in [0, 0.1) is 0 Å². The maximum Gasteiger partial charge on any atom is 0.415 e. The van der Waals surface area contributed by atoms with Crippen LogP contribution in [0.3, 0.4) is 0 Å². The molecule has 31 heavy (non-hydrogen) atoms. The van der Waals surface area contributed by atoms with Crippen LogP contribution >= 0.6 is 0 Å². The van der Waals surface area contributed by atoms with Gasteiger partial charge in [0.1, 0.15) is 18.1 Å². The SMILES string of the molecule is COc1ccccc1CC(=O)Nc1cnn(CC(=O)N[C@H](c2ccco2)C(F)(F)F)c1. The van der Waals surface area contributed by atoms with Crippen molar-refractivity contribution in [2.24, 2.45) is 0 Å². The number of rotatable bonds is 8. The van der Waals surface area contributed by atoms with Crippen LogP contribution in [-0.4, -0.2) is 34.9 Å². The normalized spacial score (nSPS) is 12.3. The van der Waals surface area contributed by atoms with Gasteiger partial charge >= 0.3 is 6.18 Å². The Balaban J connectivity index is 1.58. The number of methoxy groups -OCH3 is 1. The van der Waals surface area contributed by atoms with Crippen molar-refractivity contribution >= 4 is 17.5 Å². The Hall–Kier alpha value is -3.76. The van der Waals surface area contributed by atoms with E-state index in [0.717, 1.165) is 17.0 Å². The number of alkyl halides is 3. The molecule has 0 saturated carbocycles. The molecule has 164 valence electrons. The molecule has 3 aromatic rings. The minimum atomic E-state index is -4.73. The number of nitrogens with zero attached hydrogens (tertiary/aromatic N) is 2. The van der Waals surface area contributed by atoms with Crippen LogP contribution in [0.2, 0.25) is 0 Å². The number of aromatic nitrogens is 2. The first-order valence-corrected chi connectivity index (χ1v) is 9.10. The summed E-state index contributed by atoms with van der Waals surface area (Å²) in [5.41, 5.74) is 0.983. The number of furan rings is 1. The van der Waals surface area contributed by atoms with Gasteiger partial charge in [-0.05, 0) is 18.2 Å². The van der Waals surface area contributed by atoms with Gasteiger partial charge in [0.25, 0.3) is 0 Å². The fourth-order valence-corrected chi connectivity index (χ4v) is 2.87. The van der Waals surface area contributed by atoms with Crippen LogP contribution in [0.1, 0.15) is 17.4 Å². The minimum absolute atomic E-state index is 0.0477. The largest absolute Gasteiger partial charge is 0.496 e. The molecule has 0 aliphatic carbocycles. The van der Waals surface area contributed by atoms with E-state index in [1.165, 1.54) is 25.6 Å². The standard InChI is InChI=1S/C20H19F3N4O4/c1-30-15-6-3-2-5-13(15)9-17(28)25-14-10-24-27(11-14)12-18(29)26-19(20(21,22)23)16-7-4-8-31-16/h2-8,10-11,19H,9,12H2,1H3,(H,25,28)(H,26,29)/t19-/m1/s1. The molecule has 0 saturated heterocycles. The summed E-state index contributed by atoms with van der Waals surface area (Å²) in [6.07, 6.45) is -0.953. The van der Waals surface area contributed by atoms with E-state index in [2.05, 4.69) is 10.4 Å². The van der Waals surface area contributed by atoms with Gasteiger partial charge in [-0.1, -0.05) is 18.2 Å². The van der Waals surface area contributed by atoms with Gasteiger partial charge < -0.3 is 19.8 Å². The van der Waals surface area contributed by atoms with Crippen LogP contribution in [0.5, 0.6) is 5.75 Å². The molecular formula is C20H19F3N4O4. The molecule has 0 bridgehead atoms. The molecule has 0 radical (unpaired) electrons. The number of nitrogens with one attached hydrogen (secondary N) is 2. The lowest BCUT2D eigenvalue weighted by molar-refractivity contribution is -0.167. The molecule has 2 amide bonds. The number of anilines is 1. The number of ether oxygens (including phenoxy) is 1. The lowest BCUT2D eigenvalue weighted by Gasteiger charge is -2.19. The molecule has 8 nitrogen and oxygen atoms in total. The highest BCUT2D eigenvalue weighted by atomic mass is 19.4. The summed E-state index contributed by atoms with van der Waals surface area (Å²) >= 11 is 0. The van der Waals surface area contributed by atoms with E-state index in [1.54, 1.807) is 24.3 Å². The van der Waals surface area contributed by atoms with Crippen LogP contribution in [0.25, 0.3) is 0 Å². The van der Waals surface area contributed by atoms with E-state index < -0.39 is 30.4 Å². The second-order valence-corrected chi connectivity index (χ2v) is 6.52. The number of para-hydroxylation sites is 1. The fourth-order valence-electron chi connectivity index (χ4n) is 2.87. The molecule has 0 aliphatic rings. The van der Waals surface area contributed by atoms with Gasteiger partial charge in [0.05, 0.1) is 31.7 Å². The molecule has 0 fully saturated rings. The summed E-state index contributed by atoms with van der Waals surface area (Å²) in [5, 5.41) is 8.40. The molecule has 1 atom stereocenters. The van der Waals surface area contributed by atoms with Crippen molar-refractivity contribution in [2.75, 3.05) is 12.4 Å². The fraction of sp³-hybridized carbons (Fsp3) is 0.250. The van der Waals surface area contributed by atoms with Crippen LogP contribution < -0.4 is 15.4 Å². The van der Waals surface area contributed by atoms with Gasteiger partial charge in [-0.25, -0.2) is 0 Å². The number of carbonyl (C=O) groups excluding carboxylic acids is 2. The first-order valence-electron chi connectivity index (χ1n) is 9.10. The average molecular weight is 436 g/mol. The lowest BCUT2D eigenvalue weighted by Crippen LogP contribution is -2.39. The molecule has 0 unspecified atom stereocenters. The first kappa shape index (κ1) is 21.9. The third-order valence-electron chi connectivity index (χ3n) is 4.23. The quantitative estimate of drug-likeness (QED) is 0.566. The highest BCUT2D eigenvalue weighted by Gasteiger charge is 2.43. The van der Waals surface area contributed by atoms with E-state index in [9.17, 15) is 22.8 Å². The van der Waals surface area contributed by atoms with Crippen molar-refractivity contribution in [3.8, 4) is 5.75 Å². The van der Waals surface area contributed by atoms with Gasteiger partial charge in [-0.2, -0.15) is 18.3 Å². The topological polar surface area (TPSA) is 98.4 Å². The van der Waals surface area contributed by atoms with Crippen LogP contribution in [-0.2, 0) is 22.6 Å². The summed E-state index contributed by atoms with van der Waals surface area (Å²) in [6, 6.07) is 7.20. The monoisotopic (exact) mass is 436 g/mol. The smallest absolute Gasteiger partial charge is 0.415 e.